The highest BCUT2D eigenvalue weighted by molar-refractivity contribution is 7.86. The molecule has 7 N–H and O–H groups in total. The van der Waals surface area contributed by atoms with Crippen molar-refractivity contribution < 1.29 is 35.5 Å². The van der Waals surface area contributed by atoms with Crippen molar-refractivity contribution in [2.45, 2.75) is 9.79 Å². The van der Waals surface area contributed by atoms with E-state index in [0.29, 0.717) is 5.69 Å². The number of aromatic nitrogens is 3. The molecule has 6 rings (SSSR count). The first-order chi connectivity index (χ1) is 21.8. The summed E-state index contributed by atoms with van der Waals surface area (Å²) in [6.45, 7) is 0. The predicted octanol–water partition coefficient (Wildman–Crippen LogP) is 3.95. The number of nitrogen functional groups attached to an aromatic ring is 1. The Balaban J connectivity index is 1.65. The molecule has 0 bridgehead atoms. The van der Waals surface area contributed by atoms with Gasteiger partial charge in [-0.15, -0.1) is 0 Å². The van der Waals surface area contributed by atoms with Crippen molar-refractivity contribution >= 4 is 72.1 Å². The van der Waals surface area contributed by atoms with E-state index in [4.69, 9.17) is 5.73 Å². The molecule has 1 aliphatic carbocycles. The molecule has 0 saturated carbocycles. The summed E-state index contributed by atoms with van der Waals surface area (Å²) in [4.78, 5) is 38.7. The number of carbonyl (C=O) groups is 2. The number of rotatable bonds is 8. The van der Waals surface area contributed by atoms with E-state index in [-0.39, 0.29) is 17.6 Å². The lowest BCUT2D eigenvalue weighted by atomic mass is 9.81. The zero-order valence-electron chi connectivity index (χ0n) is 23.2. The predicted molar refractivity (Wildman–Crippen MR) is 166 cm³/mol. The number of hydrogen-bond acceptors (Lipinski definition) is 13. The lowest BCUT2D eigenvalue weighted by molar-refractivity contribution is 0.0977. The SMILES string of the molecule is Nc1c2c(c(Nc3ncnc(Nc4ccccc4)n3)c(Nc3ccccc3)c1S(=O)(=O)O)C(=O)c1c(cccc1S(=O)(=O)O)C2=O. The summed E-state index contributed by atoms with van der Waals surface area (Å²) < 4.78 is 70.6. The van der Waals surface area contributed by atoms with Crippen LogP contribution in [-0.4, -0.2) is 52.5 Å². The molecule has 46 heavy (non-hydrogen) atoms. The highest BCUT2D eigenvalue weighted by atomic mass is 32.2. The number of fused-ring (bicyclic) bond motifs is 2. The van der Waals surface area contributed by atoms with Gasteiger partial charge in [-0.3, -0.25) is 18.7 Å². The summed E-state index contributed by atoms with van der Waals surface area (Å²) in [6.07, 6.45) is 1.11. The Morgan fingerprint density at radius 1 is 0.609 bits per heavy atom. The molecule has 0 fully saturated rings. The minimum Gasteiger partial charge on any atom is -0.397 e. The van der Waals surface area contributed by atoms with Gasteiger partial charge in [0.1, 0.15) is 16.1 Å². The van der Waals surface area contributed by atoms with Gasteiger partial charge in [0.15, 0.2) is 11.6 Å². The summed E-state index contributed by atoms with van der Waals surface area (Å²) in [5, 5.41) is 8.52. The molecule has 1 aliphatic rings. The maximum absolute atomic E-state index is 14.2. The fourth-order valence-electron chi connectivity index (χ4n) is 5.00. The molecule has 1 heterocycles. The van der Waals surface area contributed by atoms with Gasteiger partial charge in [0, 0.05) is 16.9 Å². The number of carbonyl (C=O) groups excluding carboxylic acids is 2. The number of nitrogens with one attached hydrogen (secondary N) is 3. The third-order valence-electron chi connectivity index (χ3n) is 6.86. The molecular weight excluding hydrogens is 638 g/mol. The molecule has 1 aromatic heterocycles. The number of nitrogens with two attached hydrogens (primary N) is 1. The van der Waals surface area contributed by atoms with Gasteiger partial charge in [-0.2, -0.15) is 21.8 Å². The maximum atomic E-state index is 14.2. The van der Waals surface area contributed by atoms with Crippen LogP contribution in [0.4, 0.5) is 40.3 Å². The largest absolute Gasteiger partial charge is 0.397 e. The van der Waals surface area contributed by atoms with Gasteiger partial charge in [0.2, 0.25) is 11.9 Å². The molecule has 0 saturated heterocycles. The van der Waals surface area contributed by atoms with Gasteiger partial charge in [0.05, 0.1) is 33.8 Å². The van der Waals surface area contributed by atoms with E-state index < -0.39 is 80.9 Å². The first kappa shape index (κ1) is 30.3. The highest BCUT2D eigenvalue weighted by Gasteiger charge is 2.42. The zero-order valence-corrected chi connectivity index (χ0v) is 24.8. The molecule has 0 aliphatic heterocycles. The number of benzene rings is 4. The second kappa shape index (κ2) is 11.3. The van der Waals surface area contributed by atoms with Crippen LogP contribution in [0.5, 0.6) is 0 Å². The average molecular weight is 660 g/mol. The molecule has 0 spiro atoms. The monoisotopic (exact) mass is 659 g/mol. The number of para-hydroxylation sites is 2. The Bertz CT molecular complexity index is 2280. The number of anilines is 7. The van der Waals surface area contributed by atoms with E-state index in [0.717, 1.165) is 24.5 Å². The van der Waals surface area contributed by atoms with Crippen LogP contribution >= 0.6 is 0 Å². The van der Waals surface area contributed by atoms with Crippen LogP contribution in [0.2, 0.25) is 0 Å². The quantitative estimate of drug-likeness (QED) is 0.100. The summed E-state index contributed by atoms with van der Waals surface area (Å²) in [5.74, 6) is -2.38. The molecular formula is C29H21N7O8S2. The van der Waals surface area contributed by atoms with E-state index in [1.165, 1.54) is 12.1 Å². The second-order valence-corrected chi connectivity index (χ2v) is 12.5. The number of hydrogen-bond donors (Lipinski definition) is 6. The number of ketones is 2. The minimum absolute atomic E-state index is 0.0296. The van der Waals surface area contributed by atoms with E-state index in [9.17, 15) is 35.5 Å². The molecule has 0 unspecified atom stereocenters. The fourth-order valence-corrected chi connectivity index (χ4v) is 6.50. The molecule has 0 atom stereocenters. The van der Waals surface area contributed by atoms with Crippen LogP contribution in [0.15, 0.2) is 95.0 Å². The van der Waals surface area contributed by atoms with E-state index in [1.54, 1.807) is 48.5 Å². The van der Waals surface area contributed by atoms with Gasteiger partial charge in [-0.1, -0.05) is 48.5 Å². The van der Waals surface area contributed by atoms with Gasteiger partial charge in [0.25, 0.3) is 20.2 Å². The fraction of sp³-hybridized carbons (Fsp3) is 0. The van der Waals surface area contributed by atoms with Crippen LogP contribution < -0.4 is 21.7 Å². The van der Waals surface area contributed by atoms with Crippen molar-refractivity contribution in [2.24, 2.45) is 0 Å². The van der Waals surface area contributed by atoms with Crippen LogP contribution in [-0.2, 0) is 20.2 Å². The van der Waals surface area contributed by atoms with Gasteiger partial charge in [-0.05, 0) is 30.3 Å². The standard InChI is InChI=1S/C29H21N7O8S2/c30-22-20-21(26(38)19-17(25(20)37)12-7-13-18(19)45(39,40)41)23(24(27(22)46(42,43)44)33-15-8-3-1-4-9-15)35-29-32-14-31-28(36-29)34-16-10-5-2-6-11-16/h1-14,33H,30H2,(H,39,40,41)(H,42,43,44)(H2,31,32,34,35,36). The third kappa shape index (κ3) is 5.50. The van der Waals surface area contributed by atoms with E-state index >= 15 is 0 Å². The highest BCUT2D eigenvalue weighted by Crippen LogP contribution is 2.47. The minimum atomic E-state index is -5.22. The molecule has 15 nitrogen and oxygen atoms in total. The Hall–Kier alpha value is -5.75. The Kier molecular flexibility index (Phi) is 7.45. The average Bonchev–Trinajstić information content (AvgIpc) is 3.01. The van der Waals surface area contributed by atoms with Crippen molar-refractivity contribution in [1.29, 1.82) is 0 Å². The van der Waals surface area contributed by atoms with Crippen LogP contribution in [0.3, 0.4) is 0 Å². The van der Waals surface area contributed by atoms with E-state index in [1.807, 2.05) is 0 Å². The van der Waals surface area contributed by atoms with Gasteiger partial charge >= 0.3 is 0 Å². The third-order valence-corrected chi connectivity index (χ3v) is 8.70. The summed E-state index contributed by atoms with van der Waals surface area (Å²) in [6, 6.07) is 20.0. The van der Waals surface area contributed by atoms with Crippen molar-refractivity contribution in [3.05, 3.63) is 107 Å². The summed E-state index contributed by atoms with van der Waals surface area (Å²) in [5.41, 5.74) is 3.05. The summed E-state index contributed by atoms with van der Waals surface area (Å²) in [7, 11) is -10.3. The van der Waals surface area contributed by atoms with E-state index in [2.05, 4.69) is 30.9 Å². The number of nitrogens with zero attached hydrogens (tertiary/aromatic N) is 3. The van der Waals surface area contributed by atoms with Crippen molar-refractivity contribution in [1.82, 2.24) is 15.0 Å². The lowest BCUT2D eigenvalue weighted by Gasteiger charge is -2.27. The van der Waals surface area contributed by atoms with Crippen molar-refractivity contribution in [3.63, 3.8) is 0 Å². The van der Waals surface area contributed by atoms with Crippen molar-refractivity contribution in [2.75, 3.05) is 21.7 Å². The summed E-state index contributed by atoms with van der Waals surface area (Å²) >= 11 is 0. The van der Waals surface area contributed by atoms with Crippen LogP contribution in [0, 0.1) is 0 Å². The van der Waals surface area contributed by atoms with Crippen molar-refractivity contribution in [3.8, 4) is 0 Å². The molecule has 232 valence electrons. The first-order valence-electron chi connectivity index (χ1n) is 13.1. The van der Waals surface area contributed by atoms with Crippen LogP contribution in [0.25, 0.3) is 0 Å². The molecule has 0 radical (unpaired) electrons. The molecule has 17 heteroatoms. The second-order valence-electron chi connectivity index (χ2n) is 9.77. The Morgan fingerprint density at radius 2 is 1.20 bits per heavy atom. The zero-order chi connectivity index (χ0) is 32.8. The molecule has 0 amide bonds. The molecule has 4 aromatic carbocycles. The van der Waals surface area contributed by atoms with Crippen LogP contribution in [0.1, 0.15) is 31.8 Å². The lowest BCUT2D eigenvalue weighted by Crippen LogP contribution is -2.28. The normalized spacial score (nSPS) is 12.7. The van der Waals surface area contributed by atoms with Gasteiger partial charge in [-0.25, -0.2) is 9.97 Å². The van der Waals surface area contributed by atoms with Gasteiger partial charge < -0.3 is 21.7 Å². The molecule has 5 aromatic rings. The Labute approximate surface area is 261 Å². The smallest absolute Gasteiger partial charge is 0.298 e. The maximum Gasteiger partial charge on any atom is 0.298 e. The Morgan fingerprint density at radius 3 is 1.78 bits per heavy atom. The topological polar surface area (TPSA) is 244 Å². The first-order valence-corrected chi connectivity index (χ1v) is 16.0.